The second-order valence-corrected chi connectivity index (χ2v) is 7.82. The number of nitrogens with one attached hydrogen (secondary N) is 1. The molecule has 30 heavy (non-hydrogen) atoms. The Morgan fingerprint density at radius 3 is 2.47 bits per heavy atom. The highest BCUT2D eigenvalue weighted by molar-refractivity contribution is 6.02. The maximum absolute atomic E-state index is 13.0. The van der Waals surface area contributed by atoms with Crippen molar-refractivity contribution in [1.29, 1.82) is 0 Å². The Hall–Kier alpha value is -3.16. The van der Waals surface area contributed by atoms with E-state index in [1.165, 1.54) is 12.1 Å². The fourth-order valence-corrected chi connectivity index (χ4v) is 4.46. The lowest BCUT2D eigenvalue weighted by Crippen LogP contribution is -2.19. The van der Waals surface area contributed by atoms with E-state index in [-0.39, 0.29) is 12.0 Å². The normalized spacial score (nSPS) is 20.1. The van der Waals surface area contributed by atoms with Crippen LogP contribution in [0.25, 0.3) is 33.5 Å². The molecule has 0 amide bonds. The molecule has 1 aliphatic carbocycles. The highest BCUT2D eigenvalue weighted by Gasteiger charge is 2.31. The fraction of sp³-hybridized carbons (Fsp3) is 0.318. The van der Waals surface area contributed by atoms with Gasteiger partial charge in [0.15, 0.2) is 0 Å². The summed E-state index contributed by atoms with van der Waals surface area (Å²) in [4.78, 5) is 23.5. The summed E-state index contributed by atoms with van der Waals surface area (Å²) >= 11 is 0. The minimum atomic E-state index is -4.38. The molecule has 0 spiro atoms. The Balaban J connectivity index is 1.68. The number of carbonyl (C=O) groups excluding carboxylic acids is 1. The van der Waals surface area contributed by atoms with Gasteiger partial charge < -0.3 is 14.3 Å². The summed E-state index contributed by atoms with van der Waals surface area (Å²) in [5.74, 6) is 0.697. The van der Waals surface area contributed by atoms with Gasteiger partial charge in [-0.05, 0) is 43.9 Å². The third kappa shape index (κ3) is 3.07. The number of imidazole rings is 1. The Morgan fingerprint density at radius 2 is 1.80 bits per heavy atom. The van der Waals surface area contributed by atoms with Crippen molar-refractivity contribution >= 4 is 28.4 Å². The summed E-state index contributed by atoms with van der Waals surface area (Å²) in [6.45, 7) is 0. The Kier molecular flexibility index (Phi) is 4.38. The van der Waals surface area contributed by atoms with Crippen LogP contribution in [0, 0.1) is 5.92 Å². The number of alkyl halides is 3. The van der Waals surface area contributed by atoms with Crippen LogP contribution in [0.4, 0.5) is 13.2 Å². The number of carbonyl (C=O) groups is 1. The van der Waals surface area contributed by atoms with E-state index in [9.17, 15) is 18.0 Å². The van der Waals surface area contributed by atoms with Crippen LogP contribution in [0.15, 0.2) is 42.7 Å². The first-order valence-electron chi connectivity index (χ1n) is 9.92. The number of fused-ring (bicyclic) bond motifs is 3. The van der Waals surface area contributed by atoms with Gasteiger partial charge in [-0.1, -0.05) is 12.1 Å². The lowest BCUT2D eigenvalue weighted by atomic mass is 9.86. The van der Waals surface area contributed by atoms with Gasteiger partial charge >= 0.3 is 6.18 Å². The summed E-state index contributed by atoms with van der Waals surface area (Å²) in [6.07, 6.45) is 3.36. The average molecular weight is 412 g/mol. The van der Waals surface area contributed by atoms with Gasteiger partial charge in [0.05, 0.1) is 17.3 Å². The zero-order valence-electron chi connectivity index (χ0n) is 16.0. The van der Waals surface area contributed by atoms with E-state index in [4.69, 9.17) is 4.98 Å². The second kappa shape index (κ2) is 6.97. The largest absolute Gasteiger partial charge is 0.416 e. The maximum atomic E-state index is 13.0. The molecule has 4 aromatic rings. The van der Waals surface area contributed by atoms with Gasteiger partial charge in [0.25, 0.3) is 0 Å². The predicted molar refractivity (Wildman–Crippen MR) is 107 cm³/mol. The van der Waals surface area contributed by atoms with Crippen molar-refractivity contribution in [2.45, 2.75) is 37.9 Å². The van der Waals surface area contributed by atoms with E-state index in [1.807, 2.05) is 12.3 Å². The zero-order chi connectivity index (χ0) is 20.9. The molecular weight excluding hydrogens is 393 g/mol. The summed E-state index contributed by atoms with van der Waals surface area (Å²) in [5.41, 5.74) is 2.31. The summed E-state index contributed by atoms with van der Waals surface area (Å²) < 4.78 is 41.2. The van der Waals surface area contributed by atoms with Crippen molar-refractivity contribution in [3.05, 3.63) is 48.3 Å². The van der Waals surface area contributed by atoms with Gasteiger partial charge in [0, 0.05) is 29.1 Å². The van der Waals surface area contributed by atoms with Crippen molar-refractivity contribution in [2.24, 2.45) is 5.92 Å². The first kappa shape index (κ1) is 18.8. The zero-order valence-corrected chi connectivity index (χ0v) is 16.0. The third-order valence-corrected chi connectivity index (χ3v) is 6.00. The number of hydrogen-bond donors (Lipinski definition) is 1. The molecule has 3 aromatic heterocycles. The fourth-order valence-electron chi connectivity index (χ4n) is 4.46. The highest BCUT2D eigenvalue weighted by Crippen LogP contribution is 2.39. The molecule has 5 nitrogen and oxygen atoms in total. The molecule has 154 valence electrons. The number of rotatable bonds is 3. The van der Waals surface area contributed by atoms with Gasteiger partial charge in [-0.2, -0.15) is 13.2 Å². The predicted octanol–water partition coefficient (Wildman–Crippen LogP) is 5.53. The first-order chi connectivity index (χ1) is 14.5. The Labute approximate surface area is 169 Å². The van der Waals surface area contributed by atoms with E-state index in [1.54, 1.807) is 6.20 Å². The van der Waals surface area contributed by atoms with Crippen molar-refractivity contribution in [1.82, 2.24) is 19.5 Å². The molecule has 1 aliphatic rings. The number of aromatic amines is 1. The van der Waals surface area contributed by atoms with Crippen LogP contribution in [0.1, 0.15) is 37.3 Å². The minimum absolute atomic E-state index is 0.0690. The average Bonchev–Trinajstić information content (AvgIpc) is 3.37. The van der Waals surface area contributed by atoms with Crippen LogP contribution < -0.4 is 0 Å². The van der Waals surface area contributed by atoms with Crippen LogP contribution >= 0.6 is 0 Å². The van der Waals surface area contributed by atoms with E-state index in [2.05, 4.69) is 14.5 Å². The molecular formula is C22H19F3N4O. The molecule has 1 aromatic carbocycles. The number of nitrogens with zero attached hydrogens (tertiary/aromatic N) is 3. The van der Waals surface area contributed by atoms with Gasteiger partial charge in [-0.3, -0.25) is 0 Å². The molecule has 1 saturated carbocycles. The standard InChI is InChI=1S/C22H19F3N4O/c23-22(24,25)15-5-3-14(4-6-15)21-28-18-11-27-20-17(9-10-26-20)19(18)29(21)16-7-1-13(12-30)2-8-16/h3-6,9-13,16H,1-2,7-8H2,(H,26,27). The van der Waals surface area contributed by atoms with Gasteiger partial charge in [-0.15, -0.1) is 0 Å². The number of benzene rings is 1. The molecule has 0 radical (unpaired) electrons. The molecule has 8 heteroatoms. The summed E-state index contributed by atoms with van der Waals surface area (Å²) in [5, 5.41) is 0.927. The van der Waals surface area contributed by atoms with E-state index >= 15 is 0 Å². The summed E-state index contributed by atoms with van der Waals surface area (Å²) in [6, 6.07) is 7.18. The number of pyridine rings is 1. The number of aromatic nitrogens is 4. The van der Waals surface area contributed by atoms with Crippen LogP contribution in [-0.2, 0) is 11.0 Å². The van der Waals surface area contributed by atoms with Crippen molar-refractivity contribution in [3.8, 4) is 11.4 Å². The monoisotopic (exact) mass is 412 g/mol. The topological polar surface area (TPSA) is 63.6 Å². The molecule has 0 unspecified atom stereocenters. The third-order valence-electron chi connectivity index (χ3n) is 6.00. The highest BCUT2D eigenvalue weighted by atomic mass is 19.4. The Bertz CT molecular complexity index is 1220. The van der Waals surface area contributed by atoms with Gasteiger partial charge in [0.1, 0.15) is 23.3 Å². The van der Waals surface area contributed by atoms with Crippen molar-refractivity contribution in [2.75, 3.05) is 0 Å². The molecule has 0 saturated heterocycles. The Morgan fingerprint density at radius 1 is 1.07 bits per heavy atom. The minimum Gasteiger partial charge on any atom is -0.346 e. The number of H-pyrrole nitrogens is 1. The van der Waals surface area contributed by atoms with E-state index < -0.39 is 11.7 Å². The second-order valence-electron chi connectivity index (χ2n) is 7.82. The quantitative estimate of drug-likeness (QED) is 0.450. The number of halogens is 3. The first-order valence-corrected chi connectivity index (χ1v) is 9.92. The smallest absolute Gasteiger partial charge is 0.346 e. The molecule has 1 N–H and O–H groups in total. The molecule has 3 heterocycles. The van der Waals surface area contributed by atoms with Gasteiger partial charge in [0.2, 0.25) is 0 Å². The number of aldehydes is 1. The van der Waals surface area contributed by atoms with Crippen LogP contribution in [-0.4, -0.2) is 25.8 Å². The van der Waals surface area contributed by atoms with Crippen LogP contribution in [0.5, 0.6) is 0 Å². The van der Waals surface area contributed by atoms with Gasteiger partial charge in [-0.25, -0.2) is 9.97 Å². The molecule has 0 bridgehead atoms. The SMILES string of the molecule is O=CC1CCC(n2c(-c3ccc(C(F)(F)F)cc3)nc3cnc4[nH]ccc4c32)CC1. The number of hydrogen-bond acceptors (Lipinski definition) is 3. The molecule has 0 aliphatic heterocycles. The summed E-state index contributed by atoms with van der Waals surface area (Å²) in [7, 11) is 0. The van der Waals surface area contributed by atoms with Crippen molar-refractivity contribution < 1.29 is 18.0 Å². The molecule has 5 rings (SSSR count). The lowest BCUT2D eigenvalue weighted by Gasteiger charge is -2.28. The molecule has 0 atom stereocenters. The maximum Gasteiger partial charge on any atom is 0.416 e. The van der Waals surface area contributed by atoms with Crippen LogP contribution in [0.2, 0.25) is 0 Å². The molecule has 1 fully saturated rings. The van der Waals surface area contributed by atoms with Crippen LogP contribution in [0.3, 0.4) is 0 Å². The van der Waals surface area contributed by atoms with E-state index in [0.717, 1.165) is 60.7 Å². The van der Waals surface area contributed by atoms with Crippen molar-refractivity contribution in [3.63, 3.8) is 0 Å². The lowest BCUT2D eigenvalue weighted by molar-refractivity contribution is -0.137. The van der Waals surface area contributed by atoms with E-state index in [0.29, 0.717) is 16.9 Å².